The normalized spacial score (nSPS) is 11.4. The van der Waals surface area contributed by atoms with Crippen LogP contribution >= 0.6 is 0 Å². The number of nitrogens with one attached hydrogen (secondary N) is 1. The van der Waals surface area contributed by atoms with Gasteiger partial charge in [0.2, 0.25) is 0 Å². The lowest BCUT2D eigenvalue weighted by atomic mass is 10.1. The molecule has 0 aliphatic rings. The Kier molecular flexibility index (Phi) is 3.84. The number of nitrogens with zero attached hydrogens (tertiary/aromatic N) is 5. The molecule has 0 bridgehead atoms. The Labute approximate surface area is 150 Å². The van der Waals surface area contributed by atoms with E-state index in [0.717, 1.165) is 22.5 Å². The predicted molar refractivity (Wildman–Crippen MR) is 99.3 cm³/mol. The number of hydrogen-bond acceptors (Lipinski definition) is 3. The van der Waals surface area contributed by atoms with Crippen LogP contribution in [0, 0.1) is 0 Å². The van der Waals surface area contributed by atoms with E-state index in [1.165, 1.54) is 0 Å². The maximum absolute atomic E-state index is 12.1. The SMILES string of the molecule is CC(C)NC(=O)c1ccn(-c2ccc3ccc(-c4cnn(C)c4)cn23)n1. The van der Waals surface area contributed by atoms with Crippen LogP contribution in [0.1, 0.15) is 24.3 Å². The molecule has 26 heavy (non-hydrogen) atoms. The third-order valence-electron chi connectivity index (χ3n) is 4.14. The number of fused-ring (bicyclic) bond motifs is 1. The number of aryl methyl sites for hydroxylation is 1. The molecule has 0 atom stereocenters. The minimum atomic E-state index is -0.171. The van der Waals surface area contributed by atoms with Gasteiger partial charge in [-0.05, 0) is 38.1 Å². The van der Waals surface area contributed by atoms with Gasteiger partial charge in [-0.3, -0.25) is 9.48 Å². The highest BCUT2D eigenvalue weighted by Gasteiger charge is 2.13. The van der Waals surface area contributed by atoms with Gasteiger partial charge >= 0.3 is 0 Å². The van der Waals surface area contributed by atoms with Gasteiger partial charge in [0.05, 0.1) is 6.20 Å². The third-order valence-corrected chi connectivity index (χ3v) is 4.14. The molecule has 4 aromatic heterocycles. The fourth-order valence-electron chi connectivity index (χ4n) is 2.92. The molecule has 7 heteroatoms. The van der Waals surface area contributed by atoms with Crippen LogP contribution in [0.15, 0.2) is 55.1 Å². The van der Waals surface area contributed by atoms with Crippen molar-refractivity contribution in [3.63, 3.8) is 0 Å². The molecule has 4 rings (SSSR count). The molecule has 0 aliphatic carbocycles. The summed E-state index contributed by atoms with van der Waals surface area (Å²) in [6.07, 6.45) is 7.67. The van der Waals surface area contributed by atoms with Gasteiger partial charge in [-0.2, -0.15) is 10.2 Å². The summed E-state index contributed by atoms with van der Waals surface area (Å²) in [6.45, 7) is 3.85. The molecule has 0 spiro atoms. The molecule has 0 radical (unpaired) electrons. The van der Waals surface area contributed by atoms with Gasteiger partial charge in [0.1, 0.15) is 5.82 Å². The minimum absolute atomic E-state index is 0.0730. The van der Waals surface area contributed by atoms with Gasteiger partial charge in [-0.25, -0.2) is 4.68 Å². The summed E-state index contributed by atoms with van der Waals surface area (Å²) in [5.41, 5.74) is 3.56. The van der Waals surface area contributed by atoms with E-state index in [0.29, 0.717) is 5.69 Å². The molecule has 4 aromatic rings. The fraction of sp³-hybridized carbons (Fsp3) is 0.211. The highest BCUT2D eigenvalue weighted by molar-refractivity contribution is 5.92. The molecule has 0 saturated heterocycles. The number of pyridine rings is 1. The quantitative estimate of drug-likeness (QED) is 0.616. The van der Waals surface area contributed by atoms with Crippen molar-refractivity contribution in [3.05, 3.63) is 60.8 Å². The zero-order valence-electron chi connectivity index (χ0n) is 14.9. The number of hydrogen-bond donors (Lipinski definition) is 1. The van der Waals surface area contributed by atoms with Crippen molar-refractivity contribution < 1.29 is 4.79 Å². The molecule has 1 amide bonds. The van der Waals surface area contributed by atoms with Gasteiger partial charge in [0.25, 0.3) is 5.91 Å². The Bertz CT molecular complexity index is 1080. The topological polar surface area (TPSA) is 69.2 Å². The zero-order chi connectivity index (χ0) is 18.3. The second-order valence-electron chi connectivity index (χ2n) is 6.58. The molecule has 4 heterocycles. The van der Waals surface area contributed by atoms with E-state index in [-0.39, 0.29) is 11.9 Å². The molecule has 0 unspecified atom stereocenters. The molecule has 1 N–H and O–H groups in total. The standard InChI is InChI=1S/C19H20N6O/c1-13(2)21-19(26)17-8-9-25(22-17)18-7-6-16-5-4-14(12-24(16)18)15-10-20-23(3)11-15/h4-13H,1-3H3,(H,21,26). The molecule has 0 aliphatic heterocycles. The van der Waals surface area contributed by atoms with E-state index in [4.69, 9.17) is 0 Å². The number of aromatic nitrogens is 5. The second kappa shape index (κ2) is 6.18. The molecule has 0 fully saturated rings. The van der Waals surface area contributed by atoms with Crippen molar-refractivity contribution in [2.75, 3.05) is 0 Å². The monoisotopic (exact) mass is 348 g/mol. The number of amides is 1. The first kappa shape index (κ1) is 16.1. The van der Waals surface area contributed by atoms with Crippen LogP contribution in [0.4, 0.5) is 0 Å². The van der Waals surface area contributed by atoms with Gasteiger partial charge in [-0.1, -0.05) is 6.07 Å². The van der Waals surface area contributed by atoms with E-state index in [2.05, 4.69) is 38.2 Å². The van der Waals surface area contributed by atoms with E-state index < -0.39 is 0 Å². The highest BCUT2D eigenvalue weighted by Crippen LogP contribution is 2.22. The number of rotatable bonds is 4. The Morgan fingerprint density at radius 3 is 2.62 bits per heavy atom. The summed E-state index contributed by atoms with van der Waals surface area (Å²) in [5.74, 6) is 0.699. The summed E-state index contributed by atoms with van der Waals surface area (Å²) in [4.78, 5) is 12.1. The molecule has 132 valence electrons. The lowest BCUT2D eigenvalue weighted by molar-refractivity contribution is 0.0937. The van der Waals surface area contributed by atoms with Gasteiger partial charge < -0.3 is 9.72 Å². The van der Waals surface area contributed by atoms with Crippen molar-refractivity contribution in [2.24, 2.45) is 7.05 Å². The first-order chi connectivity index (χ1) is 12.5. The van der Waals surface area contributed by atoms with Crippen molar-refractivity contribution in [2.45, 2.75) is 19.9 Å². The summed E-state index contributed by atoms with van der Waals surface area (Å²) >= 11 is 0. The predicted octanol–water partition coefficient (Wildman–Crippen LogP) is 2.66. The smallest absolute Gasteiger partial charge is 0.271 e. The van der Waals surface area contributed by atoms with E-state index >= 15 is 0 Å². The summed E-state index contributed by atoms with van der Waals surface area (Å²) < 4.78 is 5.55. The average Bonchev–Trinajstić information content (AvgIpc) is 3.32. The second-order valence-corrected chi connectivity index (χ2v) is 6.58. The largest absolute Gasteiger partial charge is 0.348 e. The number of carbonyl (C=O) groups is 1. The first-order valence-electron chi connectivity index (χ1n) is 8.48. The fourth-order valence-corrected chi connectivity index (χ4v) is 2.92. The summed E-state index contributed by atoms with van der Waals surface area (Å²) in [5, 5.41) is 11.5. The van der Waals surface area contributed by atoms with Crippen molar-refractivity contribution in [1.82, 2.24) is 29.3 Å². The third kappa shape index (κ3) is 2.88. The molecule has 7 nitrogen and oxygen atoms in total. The Morgan fingerprint density at radius 2 is 1.88 bits per heavy atom. The molecular formula is C19H20N6O. The summed E-state index contributed by atoms with van der Waals surface area (Å²) in [7, 11) is 1.90. The summed E-state index contributed by atoms with van der Waals surface area (Å²) in [6, 6.07) is 9.94. The van der Waals surface area contributed by atoms with Crippen LogP contribution in [0.5, 0.6) is 0 Å². The van der Waals surface area contributed by atoms with Crippen LogP contribution in [0.25, 0.3) is 22.5 Å². The van der Waals surface area contributed by atoms with Crippen LogP contribution in [0.2, 0.25) is 0 Å². The molecule has 0 saturated carbocycles. The van der Waals surface area contributed by atoms with E-state index in [9.17, 15) is 4.79 Å². The zero-order valence-corrected chi connectivity index (χ0v) is 14.9. The Balaban J connectivity index is 1.73. The molecular weight excluding hydrogens is 328 g/mol. The highest BCUT2D eigenvalue weighted by atomic mass is 16.2. The molecule has 0 aromatic carbocycles. The van der Waals surface area contributed by atoms with Crippen LogP contribution in [-0.2, 0) is 7.05 Å². The first-order valence-corrected chi connectivity index (χ1v) is 8.48. The average molecular weight is 348 g/mol. The van der Waals surface area contributed by atoms with Gasteiger partial charge in [-0.15, -0.1) is 0 Å². The van der Waals surface area contributed by atoms with Crippen LogP contribution < -0.4 is 5.32 Å². The number of carbonyl (C=O) groups excluding carboxylic acids is 1. The maximum Gasteiger partial charge on any atom is 0.271 e. The van der Waals surface area contributed by atoms with Gasteiger partial charge in [0, 0.05) is 48.3 Å². The van der Waals surface area contributed by atoms with Crippen LogP contribution in [-0.4, -0.2) is 35.9 Å². The van der Waals surface area contributed by atoms with Crippen LogP contribution in [0.3, 0.4) is 0 Å². The Morgan fingerprint density at radius 1 is 1.08 bits per heavy atom. The van der Waals surface area contributed by atoms with E-state index in [1.54, 1.807) is 21.6 Å². The lowest BCUT2D eigenvalue weighted by Crippen LogP contribution is -2.30. The Hall–Kier alpha value is -3.35. The minimum Gasteiger partial charge on any atom is -0.348 e. The van der Waals surface area contributed by atoms with Crippen molar-refractivity contribution in [3.8, 4) is 16.9 Å². The maximum atomic E-state index is 12.1. The lowest BCUT2D eigenvalue weighted by Gasteiger charge is -2.07. The van der Waals surface area contributed by atoms with Crippen molar-refractivity contribution >= 4 is 11.4 Å². The van der Waals surface area contributed by atoms with E-state index in [1.807, 2.05) is 45.4 Å². The van der Waals surface area contributed by atoms with Gasteiger partial charge in [0.15, 0.2) is 5.69 Å². The van der Waals surface area contributed by atoms with Crippen molar-refractivity contribution in [1.29, 1.82) is 0 Å².